The molecule has 1 N–H and O–H groups in total. The number of methoxy groups -OCH3 is 2. The van der Waals surface area contributed by atoms with Crippen LogP contribution in [0.15, 0.2) is 77.7 Å². The van der Waals surface area contributed by atoms with E-state index in [0.717, 1.165) is 40.6 Å². The van der Waals surface area contributed by atoms with Crippen LogP contribution in [0.2, 0.25) is 0 Å². The summed E-state index contributed by atoms with van der Waals surface area (Å²) in [6.07, 6.45) is -0.265. The molecule has 0 aromatic heterocycles. The molecule has 184 valence electrons. The number of aliphatic hydroxyl groups is 1. The first kappa shape index (κ1) is 25.1. The molecule has 0 fully saturated rings. The van der Waals surface area contributed by atoms with Crippen molar-refractivity contribution in [3.8, 4) is 11.5 Å². The second-order valence-corrected chi connectivity index (χ2v) is 9.80. The van der Waals surface area contributed by atoms with Crippen LogP contribution in [0.25, 0.3) is 0 Å². The van der Waals surface area contributed by atoms with Crippen LogP contribution in [0.4, 0.5) is 5.69 Å². The number of hydrogen-bond donors (Lipinski definition) is 1. The van der Waals surface area contributed by atoms with Gasteiger partial charge >= 0.3 is 0 Å². The fourth-order valence-electron chi connectivity index (χ4n) is 4.19. The van der Waals surface area contributed by atoms with E-state index in [1.165, 1.54) is 17.3 Å². The number of fused-ring (bicyclic) bond motifs is 1. The molecule has 1 aliphatic rings. The van der Waals surface area contributed by atoms with Crippen LogP contribution < -0.4 is 14.4 Å². The Hall–Kier alpha value is -3.00. The van der Waals surface area contributed by atoms with Gasteiger partial charge in [-0.1, -0.05) is 36.4 Å². The topological polar surface area (TPSA) is 62.2 Å². The summed E-state index contributed by atoms with van der Waals surface area (Å²) in [5.41, 5.74) is 2.95. The van der Waals surface area contributed by atoms with E-state index in [2.05, 4.69) is 24.1 Å². The third-order valence-electron chi connectivity index (χ3n) is 6.28. The number of thioether (sulfide) groups is 1. The smallest absolute Gasteiger partial charge is 0.257 e. The number of nitrogens with zero attached hydrogens (tertiary/aromatic N) is 2. The van der Waals surface area contributed by atoms with Crippen molar-refractivity contribution >= 4 is 23.4 Å². The molecule has 0 aliphatic carbocycles. The molecule has 35 heavy (non-hydrogen) atoms. The summed E-state index contributed by atoms with van der Waals surface area (Å²) in [5, 5.41) is 10.7. The van der Waals surface area contributed by atoms with E-state index in [1.807, 2.05) is 60.7 Å². The molecule has 0 bridgehead atoms. The minimum atomic E-state index is -1.15. The number of benzene rings is 3. The summed E-state index contributed by atoms with van der Waals surface area (Å²) in [4.78, 5) is 18.4. The lowest BCUT2D eigenvalue weighted by atomic mass is 10.1. The summed E-state index contributed by atoms with van der Waals surface area (Å²) in [6.45, 7) is 2.04. The zero-order chi connectivity index (χ0) is 24.8. The predicted octanol–water partition coefficient (Wildman–Crippen LogP) is 4.42. The molecule has 1 aliphatic heterocycles. The normalized spacial score (nSPS) is 17.7. The SMILES string of the molecule is COc1ccc([C@H]2Sc3ccccc3N(CCN(C)CCc3cccc(OC)c3)C(=O)[C@H]2O)cc1. The molecule has 3 aromatic rings. The second-order valence-electron chi connectivity index (χ2n) is 8.62. The van der Waals surface area contributed by atoms with E-state index in [-0.39, 0.29) is 5.91 Å². The average Bonchev–Trinajstić information content (AvgIpc) is 3.00. The quantitative estimate of drug-likeness (QED) is 0.477. The molecule has 7 heteroatoms. The third kappa shape index (κ3) is 5.99. The van der Waals surface area contributed by atoms with Crippen LogP contribution in [0, 0.1) is 0 Å². The molecule has 4 rings (SSSR count). The Kier molecular flexibility index (Phi) is 8.33. The Morgan fingerprint density at radius 3 is 2.43 bits per heavy atom. The first-order chi connectivity index (χ1) is 17.0. The highest BCUT2D eigenvalue weighted by molar-refractivity contribution is 7.99. The lowest BCUT2D eigenvalue weighted by Crippen LogP contribution is -2.44. The number of aliphatic hydroxyl groups excluding tert-OH is 1. The van der Waals surface area contributed by atoms with E-state index < -0.39 is 11.4 Å². The van der Waals surface area contributed by atoms with Gasteiger partial charge in [-0.2, -0.15) is 0 Å². The van der Waals surface area contributed by atoms with Crippen molar-refractivity contribution in [2.75, 3.05) is 45.8 Å². The van der Waals surface area contributed by atoms with E-state index in [1.54, 1.807) is 19.1 Å². The molecule has 3 aromatic carbocycles. The van der Waals surface area contributed by atoms with Gasteiger partial charge in [0.25, 0.3) is 5.91 Å². The Balaban J connectivity index is 1.47. The van der Waals surface area contributed by atoms with Gasteiger partial charge in [0.1, 0.15) is 17.6 Å². The summed E-state index contributed by atoms with van der Waals surface area (Å²) in [5.74, 6) is 1.33. The first-order valence-corrected chi connectivity index (χ1v) is 12.6. The lowest BCUT2D eigenvalue weighted by molar-refractivity contribution is -0.126. The van der Waals surface area contributed by atoms with Crippen LogP contribution in [0.5, 0.6) is 11.5 Å². The highest BCUT2D eigenvalue weighted by Crippen LogP contribution is 2.45. The van der Waals surface area contributed by atoms with Crippen molar-refractivity contribution in [2.24, 2.45) is 0 Å². The molecule has 6 nitrogen and oxygen atoms in total. The maximum atomic E-state index is 13.5. The molecular formula is C28H32N2O4S. The number of carbonyl (C=O) groups excluding carboxylic acids is 1. The Morgan fingerprint density at radius 2 is 1.69 bits per heavy atom. The molecule has 0 saturated carbocycles. The highest BCUT2D eigenvalue weighted by Gasteiger charge is 2.37. The summed E-state index contributed by atoms with van der Waals surface area (Å²) < 4.78 is 10.6. The van der Waals surface area contributed by atoms with Crippen LogP contribution in [-0.2, 0) is 11.2 Å². The number of anilines is 1. The Bertz CT molecular complexity index is 1140. The minimum Gasteiger partial charge on any atom is -0.497 e. The van der Waals surface area contributed by atoms with Crippen LogP contribution >= 0.6 is 11.8 Å². The van der Waals surface area contributed by atoms with Crippen molar-refractivity contribution in [1.29, 1.82) is 0 Å². The van der Waals surface area contributed by atoms with Crippen molar-refractivity contribution in [2.45, 2.75) is 22.7 Å². The van der Waals surface area contributed by atoms with Gasteiger partial charge in [-0.05, 0) is 61.0 Å². The van der Waals surface area contributed by atoms with E-state index in [9.17, 15) is 9.90 Å². The van der Waals surface area contributed by atoms with Gasteiger partial charge in [0.05, 0.1) is 25.2 Å². The van der Waals surface area contributed by atoms with E-state index in [4.69, 9.17) is 9.47 Å². The van der Waals surface area contributed by atoms with Crippen molar-refractivity contribution in [3.63, 3.8) is 0 Å². The Morgan fingerprint density at radius 1 is 0.943 bits per heavy atom. The fourth-order valence-corrected chi connectivity index (χ4v) is 5.46. The van der Waals surface area contributed by atoms with Gasteiger partial charge in [-0.15, -0.1) is 11.8 Å². The van der Waals surface area contributed by atoms with Crippen LogP contribution in [0.1, 0.15) is 16.4 Å². The largest absolute Gasteiger partial charge is 0.497 e. The van der Waals surface area contributed by atoms with Crippen molar-refractivity contribution < 1.29 is 19.4 Å². The van der Waals surface area contributed by atoms with E-state index in [0.29, 0.717) is 13.1 Å². The third-order valence-corrected chi connectivity index (χ3v) is 7.66. The van der Waals surface area contributed by atoms with Crippen LogP contribution in [-0.4, -0.2) is 62.9 Å². The monoisotopic (exact) mass is 492 g/mol. The molecule has 0 radical (unpaired) electrons. The zero-order valence-corrected chi connectivity index (χ0v) is 21.2. The highest BCUT2D eigenvalue weighted by atomic mass is 32.2. The number of amides is 1. The lowest BCUT2D eigenvalue weighted by Gasteiger charge is -2.27. The first-order valence-electron chi connectivity index (χ1n) is 11.7. The summed E-state index contributed by atoms with van der Waals surface area (Å²) in [6, 6.07) is 23.5. The standard InChI is InChI=1S/C28H32N2O4S/c1-29(16-15-20-7-6-8-23(19-20)34-3)17-18-30-24-9-4-5-10-25(24)35-27(26(31)28(30)32)21-11-13-22(33-2)14-12-21/h4-14,19,26-27,31H,15-18H2,1-3H3/t26-,27+/m0/s1. The summed E-state index contributed by atoms with van der Waals surface area (Å²) in [7, 11) is 5.35. The molecule has 0 saturated heterocycles. The number of rotatable bonds is 9. The van der Waals surface area contributed by atoms with Gasteiger partial charge in [0.2, 0.25) is 0 Å². The number of hydrogen-bond acceptors (Lipinski definition) is 6. The molecule has 1 heterocycles. The number of ether oxygens (including phenoxy) is 2. The second kappa shape index (κ2) is 11.6. The van der Waals surface area contributed by atoms with Gasteiger partial charge in [0.15, 0.2) is 0 Å². The van der Waals surface area contributed by atoms with Gasteiger partial charge in [0, 0.05) is 24.5 Å². The fraction of sp³-hybridized carbons (Fsp3) is 0.321. The molecule has 1 amide bonds. The van der Waals surface area contributed by atoms with Crippen molar-refractivity contribution in [3.05, 3.63) is 83.9 Å². The minimum absolute atomic E-state index is 0.274. The molecule has 0 spiro atoms. The molecular weight excluding hydrogens is 460 g/mol. The van der Waals surface area contributed by atoms with Gasteiger partial charge in [-0.3, -0.25) is 4.79 Å². The molecule has 2 atom stereocenters. The number of carbonyl (C=O) groups is 1. The maximum Gasteiger partial charge on any atom is 0.257 e. The zero-order valence-electron chi connectivity index (χ0n) is 20.4. The predicted molar refractivity (Wildman–Crippen MR) is 141 cm³/mol. The van der Waals surface area contributed by atoms with E-state index >= 15 is 0 Å². The van der Waals surface area contributed by atoms with Crippen LogP contribution in [0.3, 0.4) is 0 Å². The summed E-state index contributed by atoms with van der Waals surface area (Å²) >= 11 is 1.53. The van der Waals surface area contributed by atoms with Crippen molar-refractivity contribution in [1.82, 2.24) is 4.90 Å². The number of likely N-dealkylation sites (N-methyl/N-ethyl adjacent to an activating group) is 1. The average molecular weight is 493 g/mol. The van der Waals surface area contributed by atoms with Gasteiger partial charge in [-0.25, -0.2) is 0 Å². The molecule has 0 unspecified atom stereocenters. The Labute approximate surface area is 211 Å². The van der Waals surface area contributed by atoms with Gasteiger partial charge < -0.3 is 24.4 Å². The maximum absolute atomic E-state index is 13.5. The number of para-hydroxylation sites is 1.